The number of piperidine rings is 1. The Balaban J connectivity index is 0.00000210. The lowest BCUT2D eigenvalue weighted by Crippen LogP contribution is -2.50. The summed E-state index contributed by atoms with van der Waals surface area (Å²) in [5.41, 5.74) is 8.42. The third-order valence-electron chi connectivity index (χ3n) is 5.32. The van der Waals surface area contributed by atoms with Crippen LogP contribution in [0.1, 0.15) is 31.4 Å². The fourth-order valence-electron chi connectivity index (χ4n) is 3.60. The largest absolute Gasteiger partial charge is 0.497 e. The van der Waals surface area contributed by atoms with Crippen molar-refractivity contribution >= 4 is 36.4 Å². The minimum absolute atomic E-state index is 0. The Bertz CT molecular complexity index is 761. The molecule has 160 valence electrons. The molecule has 3 unspecified atom stereocenters. The summed E-state index contributed by atoms with van der Waals surface area (Å²) in [5.74, 6) is 0.588. The number of hydrogen-bond acceptors (Lipinski definition) is 4. The van der Waals surface area contributed by atoms with Crippen LogP contribution in [-0.4, -0.2) is 32.1 Å². The van der Waals surface area contributed by atoms with E-state index in [9.17, 15) is 4.79 Å². The number of nitrogens with two attached hydrogens (primary N) is 1. The first kappa shape index (κ1) is 25.1. The van der Waals surface area contributed by atoms with Crippen molar-refractivity contribution in [3.05, 3.63) is 60.2 Å². The van der Waals surface area contributed by atoms with Crippen molar-refractivity contribution in [2.75, 3.05) is 25.1 Å². The maximum Gasteiger partial charge on any atom is 0.225 e. The zero-order valence-electron chi connectivity index (χ0n) is 16.9. The average molecular weight is 440 g/mol. The molecule has 1 aliphatic rings. The highest BCUT2D eigenvalue weighted by molar-refractivity contribution is 5.85. The highest BCUT2D eigenvalue weighted by Crippen LogP contribution is 2.25. The van der Waals surface area contributed by atoms with Crippen LogP contribution in [0.2, 0.25) is 0 Å². The standard InChI is InChI=1S/C22H29N3O2.2ClH/c1-16(21(23)17-8-4-3-5-9-17)22(26)24-18-10-7-13-25(15-18)19-11-6-12-20(14-19)27-2;;/h3-6,8-9,11-12,14,16,18,21H,7,10,13,15,23H2,1-2H3,(H,24,26);2*1H. The molecule has 2 aromatic carbocycles. The number of halogens is 2. The lowest BCUT2D eigenvalue weighted by atomic mass is 9.94. The van der Waals surface area contributed by atoms with Crippen molar-refractivity contribution in [3.8, 4) is 5.75 Å². The van der Waals surface area contributed by atoms with Crippen molar-refractivity contribution in [1.82, 2.24) is 5.32 Å². The number of anilines is 1. The quantitative estimate of drug-likeness (QED) is 0.714. The Labute approximate surface area is 185 Å². The topological polar surface area (TPSA) is 67.6 Å². The number of benzene rings is 2. The highest BCUT2D eigenvalue weighted by atomic mass is 35.5. The van der Waals surface area contributed by atoms with Crippen molar-refractivity contribution in [1.29, 1.82) is 0 Å². The van der Waals surface area contributed by atoms with Gasteiger partial charge in [-0.3, -0.25) is 4.79 Å². The summed E-state index contributed by atoms with van der Waals surface area (Å²) in [7, 11) is 1.68. The Morgan fingerprint density at radius 3 is 2.59 bits per heavy atom. The number of carbonyl (C=O) groups is 1. The van der Waals surface area contributed by atoms with Gasteiger partial charge in [-0.25, -0.2) is 0 Å². The molecular formula is C22H31Cl2N3O2. The molecule has 0 radical (unpaired) electrons. The fourth-order valence-corrected chi connectivity index (χ4v) is 3.60. The second kappa shape index (κ2) is 11.9. The Hall–Kier alpha value is -1.95. The summed E-state index contributed by atoms with van der Waals surface area (Å²) in [6, 6.07) is 17.7. The van der Waals surface area contributed by atoms with E-state index in [1.807, 2.05) is 55.5 Å². The monoisotopic (exact) mass is 439 g/mol. The van der Waals surface area contributed by atoms with Crippen LogP contribution in [0.25, 0.3) is 0 Å². The number of nitrogens with zero attached hydrogens (tertiary/aromatic N) is 1. The van der Waals surface area contributed by atoms with E-state index in [-0.39, 0.29) is 48.7 Å². The number of carbonyl (C=O) groups excluding carboxylic acids is 1. The number of rotatable bonds is 6. The molecule has 5 nitrogen and oxygen atoms in total. The van der Waals surface area contributed by atoms with Crippen LogP contribution >= 0.6 is 24.8 Å². The first-order valence-corrected chi connectivity index (χ1v) is 9.58. The minimum Gasteiger partial charge on any atom is -0.497 e. The molecule has 1 amide bonds. The van der Waals surface area contributed by atoms with E-state index in [0.29, 0.717) is 0 Å². The molecule has 3 atom stereocenters. The molecule has 0 bridgehead atoms. The van der Waals surface area contributed by atoms with Gasteiger partial charge in [0.05, 0.1) is 13.0 Å². The molecule has 0 aromatic heterocycles. The third-order valence-corrected chi connectivity index (χ3v) is 5.32. The van der Waals surface area contributed by atoms with E-state index in [1.54, 1.807) is 7.11 Å². The number of amides is 1. The summed E-state index contributed by atoms with van der Waals surface area (Å²) < 4.78 is 5.33. The van der Waals surface area contributed by atoms with E-state index < -0.39 is 0 Å². The molecule has 7 heteroatoms. The van der Waals surface area contributed by atoms with E-state index in [4.69, 9.17) is 10.5 Å². The summed E-state index contributed by atoms with van der Waals surface area (Å²) in [6.07, 6.45) is 2.03. The van der Waals surface area contributed by atoms with Gasteiger partial charge in [-0.1, -0.05) is 43.3 Å². The average Bonchev–Trinajstić information content (AvgIpc) is 2.73. The number of ether oxygens (including phenoxy) is 1. The maximum atomic E-state index is 12.7. The molecule has 1 heterocycles. The lowest BCUT2D eigenvalue weighted by Gasteiger charge is -2.35. The maximum absolute atomic E-state index is 12.7. The van der Waals surface area contributed by atoms with Gasteiger partial charge >= 0.3 is 0 Å². The van der Waals surface area contributed by atoms with Crippen molar-refractivity contribution in [2.45, 2.75) is 31.8 Å². The molecule has 0 saturated carbocycles. The zero-order chi connectivity index (χ0) is 19.2. The Kier molecular flexibility index (Phi) is 10.3. The van der Waals surface area contributed by atoms with Crippen molar-refractivity contribution in [3.63, 3.8) is 0 Å². The first-order valence-electron chi connectivity index (χ1n) is 9.58. The second-order valence-corrected chi connectivity index (χ2v) is 7.22. The van der Waals surface area contributed by atoms with Crippen LogP contribution in [0.15, 0.2) is 54.6 Å². The van der Waals surface area contributed by atoms with Crippen LogP contribution < -0.4 is 20.7 Å². The molecule has 0 aliphatic carbocycles. The zero-order valence-corrected chi connectivity index (χ0v) is 18.5. The predicted molar refractivity (Wildman–Crippen MR) is 123 cm³/mol. The van der Waals surface area contributed by atoms with Crippen LogP contribution in [0, 0.1) is 5.92 Å². The van der Waals surface area contributed by atoms with Gasteiger partial charge in [0.15, 0.2) is 0 Å². The summed E-state index contributed by atoms with van der Waals surface area (Å²) in [6.45, 7) is 3.68. The molecule has 3 N–H and O–H groups in total. The van der Waals surface area contributed by atoms with Gasteiger partial charge in [0.1, 0.15) is 5.75 Å². The summed E-state index contributed by atoms with van der Waals surface area (Å²) >= 11 is 0. The van der Waals surface area contributed by atoms with Crippen molar-refractivity contribution in [2.24, 2.45) is 11.7 Å². The van der Waals surface area contributed by atoms with Crippen LogP contribution in [0.3, 0.4) is 0 Å². The first-order chi connectivity index (χ1) is 13.1. The number of hydrogen-bond donors (Lipinski definition) is 2. The van der Waals surface area contributed by atoms with Gasteiger partial charge in [0, 0.05) is 36.9 Å². The molecule has 1 saturated heterocycles. The smallest absolute Gasteiger partial charge is 0.225 e. The van der Waals surface area contributed by atoms with Gasteiger partial charge < -0.3 is 20.7 Å². The van der Waals surface area contributed by atoms with E-state index in [0.717, 1.165) is 42.9 Å². The minimum atomic E-state index is -0.302. The molecule has 3 rings (SSSR count). The number of nitrogens with one attached hydrogen (secondary N) is 1. The SMILES string of the molecule is COc1cccc(N2CCCC(NC(=O)C(C)C(N)c3ccccc3)C2)c1.Cl.Cl. The lowest BCUT2D eigenvalue weighted by molar-refractivity contribution is -0.125. The molecule has 1 fully saturated rings. The van der Waals surface area contributed by atoms with Gasteiger partial charge in [-0.15, -0.1) is 24.8 Å². The Morgan fingerprint density at radius 1 is 1.17 bits per heavy atom. The number of methoxy groups -OCH3 is 1. The van der Waals surface area contributed by atoms with E-state index in [1.165, 1.54) is 0 Å². The van der Waals surface area contributed by atoms with Gasteiger partial charge in [-0.05, 0) is 30.5 Å². The van der Waals surface area contributed by atoms with Gasteiger partial charge in [0.25, 0.3) is 0 Å². The van der Waals surface area contributed by atoms with Crippen LogP contribution in [0.5, 0.6) is 5.75 Å². The molecular weight excluding hydrogens is 409 g/mol. The summed E-state index contributed by atoms with van der Waals surface area (Å²) in [4.78, 5) is 15.0. The molecule has 29 heavy (non-hydrogen) atoms. The van der Waals surface area contributed by atoms with Gasteiger partial charge in [0.2, 0.25) is 5.91 Å². The van der Waals surface area contributed by atoms with Crippen LogP contribution in [0.4, 0.5) is 5.69 Å². The Morgan fingerprint density at radius 2 is 1.90 bits per heavy atom. The summed E-state index contributed by atoms with van der Waals surface area (Å²) in [5, 5.41) is 3.21. The second-order valence-electron chi connectivity index (χ2n) is 7.22. The highest BCUT2D eigenvalue weighted by Gasteiger charge is 2.27. The predicted octanol–water partition coefficient (Wildman–Crippen LogP) is 3.96. The fraction of sp³-hybridized carbons (Fsp3) is 0.409. The normalized spacial score (nSPS) is 17.9. The van der Waals surface area contributed by atoms with E-state index >= 15 is 0 Å². The molecule has 2 aromatic rings. The van der Waals surface area contributed by atoms with E-state index in [2.05, 4.69) is 16.3 Å². The van der Waals surface area contributed by atoms with Crippen molar-refractivity contribution < 1.29 is 9.53 Å². The molecule has 0 spiro atoms. The van der Waals surface area contributed by atoms with Crippen LogP contribution in [-0.2, 0) is 4.79 Å². The third kappa shape index (κ3) is 6.53. The molecule has 1 aliphatic heterocycles. The van der Waals surface area contributed by atoms with Gasteiger partial charge in [-0.2, -0.15) is 0 Å².